The Hall–Kier alpha value is -0.380. The third kappa shape index (κ3) is 2.10. The standard InChI is InChI=1S/C9H10ClNOS/c10-9-2-1-6(13-9)5-7-8(12)3-4-11-7/h1-2,7,11H,3-5H2. The van der Waals surface area contributed by atoms with E-state index in [2.05, 4.69) is 5.32 Å². The van der Waals surface area contributed by atoms with Gasteiger partial charge in [-0.15, -0.1) is 11.3 Å². The Labute approximate surface area is 85.9 Å². The second kappa shape index (κ2) is 3.78. The van der Waals surface area contributed by atoms with Gasteiger partial charge in [-0.2, -0.15) is 0 Å². The number of rotatable bonds is 2. The summed E-state index contributed by atoms with van der Waals surface area (Å²) in [5, 5.41) is 3.18. The van der Waals surface area contributed by atoms with Crippen LogP contribution in [0.2, 0.25) is 4.34 Å². The Balaban J connectivity index is 2.01. The lowest BCUT2D eigenvalue weighted by molar-refractivity contribution is -0.118. The minimum atomic E-state index is 0.0229. The molecule has 2 rings (SSSR count). The number of carbonyl (C=O) groups is 1. The number of halogens is 1. The van der Waals surface area contributed by atoms with Gasteiger partial charge in [0.25, 0.3) is 0 Å². The molecule has 0 aromatic carbocycles. The maximum atomic E-state index is 11.3. The lowest BCUT2D eigenvalue weighted by atomic mass is 10.1. The Kier molecular flexibility index (Phi) is 2.67. The number of ketones is 1. The molecule has 0 aliphatic carbocycles. The first-order valence-electron chi connectivity index (χ1n) is 4.26. The lowest BCUT2D eigenvalue weighted by Gasteiger charge is -2.05. The van der Waals surface area contributed by atoms with Gasteiger partial charge in [0, 0.05) is 24.3 Å². The van der Waals surface area contributed by atoms with Gasteiger partial charge in [0.2, 0.25) is 0 Å². The summed E-state index contributed by atoms with van der Waals surface area (Å²) in [5.74, 6) is 0.324. The fraction of sp³-hybridized carbons (Fsp3) is 0.444. The van der Waals surface area contributed by atoms with Crippen LogP contribution in [0.5, 0.6) is 0 Å². The van der Waals surface area contributed by atoms with E-state index in [1.807, 2.05) is 12.1 Å². The predicted octanol–water partition coefficient (Wildman–Crippen LogP) is 1.87. The maximum absolute atomic E-state index is 11.3. The molecular weight excluding hydrogens is 206 g/mol. The zero-order chi connectivity index (χ0) is 9.26. The summed E-state index contributed by atoms with van der Waals surface area (Å²) in [7, 11) is 0. The Morgan fingerprint density at radius 2 is 2.46 bits per heavy atom. The van der Waals surface area contributed by atoms with E-state index in [1.54, 1.807) is 11.3 Å². The first kappa shape index (κ1) is 9.19. The van der Waals surface area contributed by atoms with Gasteiger partial charge < -0.3 is 5.32 Å². The largest absolute Gasteiger partial charge is 0.307 e. The average Bonchev–Trinajstić information content (AvgIpc) is 2.64. The maximum Gasteiger partial charge on any atom is 0.151 e. The van der Waals surface area contributed by atoms with Gasteiger partial charge in [-0.1, -0.05) is 11.6 Å². The van der Waals surface area contributed by atoms with Crippen molar-refractivity contribution in [1.82, 2.24) is 5.32 Å². The van der Waals surface area contributed by atoms with Crippen molar-refractivity contribution in [2.24, 2.45) is 0 Å². The van der Waals surface area contributed by atoms with E-state index >= 15 is 0 Å². The first-order valence-corrected chi connectivity index (χ1v) is 5.45. The molecule has 0 radical (unpaired) electrons. The van der Waals surface area contributed by atoms with Crippen molar-refractivity contribution in [2.45, 2.75) is 18.9 Å². The normalized spacial score (nSPS) is 22.5. The molecule has 70 valence electrons. The molecule has 1 aromatic heterocycles. The highest BCUT2D eigenvalue weighted by molar-refractivity contribution is 7.16. The molecule has 1 unspecified atom stereocenters. The van der Waals surface area contributed by atoms with Gasteiger partial charge in [-0.3, -0.25) is 4.79 Å². The predicted molar refractivity (Wildman–Crippen MR) is 54.4 cm³/mol. The number of hydrogen-bond donors (Lipinski definition) is 1. The number of hydrogen-bond acceptors (Lipinski definition) is 3. The van der Waals surface area contributed by atoms with Gasteiger partial charge in [-0.25, -0.2) is 0 Å². The summed E-state index contributed by atoms with van der Waals surface area (Å²) in [6, 6.07) is 3.89. The minimum Gasteiger partial charge on any atom is -0.307 e. The van der Waals surface area contributed by atoms with Gasteiger partial charge >= 0.3 is 0 Å². The van der Waals surface area contributed by atoms with Crippen molar-refractivity contribution >= 4 is 28.7 Å². The lowest BCUT2D eigenvalue weighted by Crippen LogP contribution is -2.28. The summed E-state index contributed by atoms with van der Waals surface area (Å²) in [6.07, 6.45) is 1.46. The van der Waals surface area contributed by atoms with Crippen LogP contribution in [0.1, 0.15) is 11.3 Å². The van der Waals surface area contributed by atoms with Crippen LogP contribution >= 0.6 is 22.9 Å². The van der Waals surface area contributed by atoms with Crippen molar-refractivity contribution in [3.63, 3.8) is 0 Å². The highest BCUT2D eigenvalue weighted by Gasteiger charge is 2.23. The third-order valence-electron chi connectivity index (χ3n) is 2.18. The molecule has 1 atom stereocenters. The van der Waals surface area contributed by atoms with E-state index in [0.29, 0.717) is 12.2 Å². The third-order valence-corrected chi connectivity index (χ3v) is 3.44. The molecule has 0 bridgehead atoms. The van der Waals surface area contributed by atoms with E-state index in [0.717, 1.165) is 17.3 Å². The van der Waals surface area contributed by atoms with E-state index in [1.165, 1.54) is 4.88 Å². The van der Waals surface area contributed by atoms with Crippen molar-refractivity contribution in [3.8, 4) is 0 Å². The molecule has 2 nitrogen and oxygen atoms in total. The molecular formula is C9H10ClNOS. The molecule has 1 saturated heterocycles. The van der Waals surface area contributed by atoms with Crippen LogP contribution < -0.4 is 5.32 Å². The van der Waals surface area contributed by atoms with Crippen LogP contribution in [-0.4, -0.2) is 18.4 Å². The van der Waals surface area contributed by atoms with E-state index in [-0.39, 0.29) is 6.04 Å². The highest BCUT2D eigenvalue weighted by atomic mass is 35.5. The van der Waals surface area contributed by atoms with Crippen LogP contribution in [0.15, 0.2) is 12.1 Å². The second-order valence-corrected chi connectivity index (χ2v) is 4.93. The van der Waals surface area contributed by atoms with Crippen molar-refractivity contribution < 1.29 is 4.79 Å². The van der Waals surface area contributed by atoms with Crippen LogP contribution in [0.4, 0.5) is 0 Å². The quantitative estimate of drug-likeness (QED) is 0.816. The fourth-order valence-corrected chi connectivity index (χ4v) is 2.64. The summed E-state index contributed by atoms with van der Waals surface area (Å²) < 4.78 is 0.792. The molecule has 1 aliphatic heterocycles. The van der Waals surface area contributed by atoms with Crippen LogP contribution in [-0.2, 0) is 11.2 Å². The Morgan fingerprint density at radius 1 is 1.62 bits per heavy atom. The second-order valence-electron chi connectivity index (χ2n) is 3.13. The van der Waals surface area contributed by atoms with Crippen LogP contribution in [0.3, 0.4) is 0 Å². The molecule has 1 aromatic rings. The number of carbonyl (C=O) groups excluding carboxylic acids is 1. The molecule has 0 saturated carbocycles. The summed E-state index contributed by atoms with van der Waals surface area (Å²) >= 11 is 7.35. The van der Waals surface area contributed by atoms with E-state index in [4.69, 9.17) is 11.6 Å². The van der Waals surface area contributed by atoms with E-state index < -0.39 is 0 Å². The Bertz CT molecular complexity index is 323. The number of nitrogens with one attached hydrogen (secondary N) is 1. The van der Waals surface area contributed by atoms with Gasteiger partial charge in [0.05, 0.1) is 10.4 Å². The number of Topliss-reactive ketones (excluding diaryl/α,β-unsaturated/α-hetero) is 1. The summed E-state index contributed by atoms with van der Waals surface area (Å²) in [5.41, 5.74) is 0. The van der Waals surface area contributed by atoms with Crippen LogP contribution in [0, 0.1) is 0 Å². The van der Waals surface area contributed by atoms with Gasteiger partial charge in [-0.05, 0) is 12.1 Å². The fourth-order valence-electron chi connectivity index (χ4n) is 1.51. The molecule has 1 N–H and O–H groups in total. The molecule has 13 heavy (non-hydrogen) atoms. The summed E-state index contributed by atoms with van der Waals surface area (Å²) in [6.45, 7) is 0.822. The van der Waals surface area contributed by atoms with E-state index in [9.17, 15) is 4.79 Å². The first-order chi connectivity index (χ1) is 6.25. The zero-order valence-electron chi connectivity index (χ0n) is 7.05. The van der Waals surface area contributed by atoms with Crippen molar-refractivity contribution in [1.29, 1.82) is 0 Å². The highest BCUT2D eigenvalue weighted by Crippen LogP contribution is 2.23. The SMILES string of the molecule is O=C1CCNC1Cc1ccc(Cl)s1. The van der Waals surface area contributed by atoms with Crippen molar-refractivity contribution in [2.75, 3.05) is 6.54 Å². The van der Waals surface area contributed by atoms with Gasteiger partial charge in [0.15, 0.2) is 5.78 Å². The van der Waals surface area contributed by atoms with Gasteiger partial charge in [0.1, 0.15) is 0 Å². The monoisotopic (exact) mass is 215 g/mol. The zero-order valence-corrected chi connectivity index (χ0v) is 8.62. The Morgan fingerprint density at radius 3 is 3.00 bits per heavy atom. The molecule has 1 fully saturated rings. The van der Waals surface area contributed by atoms with Crippen LogP contribution in [0.25, 0.3) is 0 Å². The molecule has 0 amide bonds. The number of thiophene rings is 1. The smallest absolute Gasteiger partial charge is 0.151 e. The summed E-state index contributed by atoms with van der Waals surface area (Å²) in [4.78, 5) is 12.5. The molecule has 2 heterocycles. The molecule has 4 heteroatoms. The molecule has 1 aliphatic rings. The molecule has 0 spiro atoms. The van der Waals surface area contributed by atoms with Crippen molar-refractivity contribution in [3.05, 3.63) is 21.3 Å². The minimum absolute atomic E-state index is 0.0229. The topological polar surface area (TPSA) is 29.1 Å². The average molecular weight is 216 g/mol.